The number of methoxy groups -OCH3 is 1. The van der Waals surface area contributed by atoms with Gasteiger partial charge >= 0.3 is 5.56 Å². The Bertz CT molecular complexity index is 1370. The quantitative estimate of drug-likeness (QED) is 0.356. The largest absolute Gasteiger partial charge is 0.497 e. The second-order valence-electron chi connectivity index (χ2n) is 8.17. The fraction of sp³-hybridized carbons (Fsp3) is 0.360. The summed E-state index contributed by atoms with van der Waals surface area (Å²) in [5, 5.41) is 4.83. The molecular weight excluding hydrogens is 520 g/mol. The average Bonchev–Trinajstić information content (AvgIpc) is 2.92. The summed E-state index contributed by atoms with van der Waals surface area (Å²) in [6.07, 6.45) is 1.56. The van der Waals surface area contributed by atoms with E-state index < -0.39 is 15.6 Å². The second kappa shape index (κ2) is 12.0. The molecule has 0 unspecified atom stereocenters. The van der Waals surface area contributed by atoms with E-state index in [2.05, 4.69) is 5.10 Å². The Hall–Kier alpha value is -3.12. The third-order valence-electron chi connectivity index (χ3n) is 5.92. The molecule has 2 aromatic carbocycles. The molecule has 0 spiro atoms. The maximum absolute atomic E-state index is 13.4. The molecule has 0 amide bonds. The highest BCUT2D eigenvalue weighted by molar-refractivity contribution is 7.89. The fourth-order valence-electron chi connectivity index (χ4n) is 4.00. The predicted molar refractivity (Wildman–Crippen MR) is 141 cm³/mol. The maximum Gasteiger partial charge on any atom is 0.316 e. The lowest BCUT2D eigenvalue weighted by Gasteiger charge is -2.35. The molecule has 0 bridgehead atoms. The highest BCUT2D eigenvalue weighted by atomic mass is 35.5. The van der Waals surface area contributed by atoms with E-state index in [0.717, 1.165) is 0 Å². The van der Waals surface area contributed by atoms with E-state index in [1.54, 1.807) is 42.6 Å². The van der Waals surface area contributed by atoms with Gasteiger partial charge in [0.05, 0.1) is 30.5 Å². The molecule has 1 fully saturated rings. The van der Waals surface area contributed by atoms with E-state index in [4.69, 9.17) is 25.8 Å². The minimum absolute atomic E-state index is 0.126. The first-order chi connectivity index (χ1) is 17.8. The number of rotatable bonds is 10. The van der Waals surface area contributed by atoms with Crippen LogP contribution in [0.2, 0.25) is 5.02 Å². The van der Waals surface area contributed by atoms with E-state index in [0.29, 0.717) is 48.5 Å². The Morgan fingerprint density at radius 3 is 2.41 bits per heavy atom. The Labute approximate surface area is 221 Å². The zero-order chi connectivity index (χ0) is 26.4. The first kappa shape index (κ1) is 26.9. The van der Waals surface area contributed by atoms with Crippen LogP contribution in [0.15, 0.2) is 64.4 Å². The van der Waals surface area contributed by atoms with Crippen molar-refractivity contribution in [3.8, 4) is 17.2 Å². The smallest absolute Gasteiger partial charge is 0.316 e. The molecule has 0 N–H and O–H groups in total. The third kappa shape index (κ3) is 6.07. The number of benzene rings is 2. The molecule has 1 aromatic heterocycles. The van der Waals surface area contributed by atoms with Gasteiger partial charge in [0.25, 0.3) is 0 Å². The average molecular weight is 549 g/mol. The normalized spacial score (nSPS) is 14.5. The van der Waals surface area contributed by atoms with Crippen molar-refractivity contribution in [2.75, 3.05) is 58.0 Å². The van der Waals surface area contributed by atoms with Gasteiger partial charge in [-0.2, -0.15) is 14.1 Å². The minimum Gasteiger partial charge on any atom is -0.497 e. The zero-order valence-corrected chi connectivity index (χ0v) is 22.2. The van der Waals surface area contributed by atoms with Gasteiger partial charge < -0.3 is 19.1 Å². The molecule has 1 aliphatic rings. The summed E-state index contributed by atoms with van der Waals surface area (Å²) in [5.74, 6) is 0.710. The topological polar surface area (TPSA) is 103 Å². The van der Waals surface area contributed by atoms with Crippen LogP contribution in [0.1, 0.15) is 6.92 Å². The highest BCUT2D eigenvalue weighted by Crippen LogP contribution is 2.28. The summed E-state index contributed by atoms with van der Waals surface area (Å²) in [6.45, 7) is 4.12. The molecule has 2 heterocycles. The summed E-state index contributed by atoms with van der Waals surface area (Å²) in [5.41, 5.74) is 0.569. The summed E-state index contributed by atoms with van der Waals surface area (Å²) < 4.78 is 45.3. The van der Waals surface area contributed by atoms with Crippen LogP contribution in [0.4, 0.5) is 5.69 Å². The molecule has 1 aliphatic heterocycles. The SMILES string of the molecule is CCOCCOc1c(N2CCN(S(=O)(=O)c3ccc(OC)cc3)CC2)cnn(-c2cccc(Cl)c2)c1=O. The number of ether oxygens (including phenoxy) is 3. The standard InChI is InChI=1S/C25H29ClN4O6S/c1-3-35-15-16-36-24-23(18-27-30(25(24)31)20-6-4-5-19(26)17-20)28-11-13-29(14-12-28)37(32,33)22-9-7-21(34-2)8-10-22/h4-10,17-18H,3,11-16H2,1-2H3. The van der Waals surface area contributed by atoms with Crippen molar-refractivity contribution < 1.29 is 22.6 Å². The molecule has 198 valence electrons. The van der Waals surface area contributed by atoms with Gasteiger partial charge in [-0.05, 0) is 49.4 Å². The predicted octanol–water partition coefficient (Wildman–Crippen LogP) is 2.82. The molecular formula is C25H29ClN4O6S. The Kier molecular flexibility index (Phi) is 8.70. The molecule has 37 heavy (non-hydrogen) atoms. The van der Waals surface area contributed by atoms with E-state index in [9.17, 15) is 13.2 Å². The first-order valence-corrected chi connectivity index (χ1v) is 13.6. The maximum atomic E-state index is 13.4. The fourth-order valence-corrected chi connectivity index (χ4v) is 5.60. The van der Waals surface area contributed by atoms with Gasteiger partial charge in [-0.3, -0.25) is 4.79 Å². The molecule has 0 atom stereocenters. The molecule has 1 saturated heterocycles. The molecule has 4 rings (SSSR count). The van der Waals surface area contributed by atoms with Crippen LogP contribution in [0.25, 0.3) is 5.69 Å². The zero-order valence-electron chi connectivity index (χ0n) is 20.7. The molecule has 3 aromatic rings. The van der Waals surface area contributed by atoms with Gasteiger partial charge in [0.2, 0.25) is 15.8 Å². The van der Waals surface area contributed by atoms with Gasteiger partial charge in [-0.15, -0.1) is 0 Å². The van der Waals surface area contributed by atoms with Gasteiger partial charge in [0.1, 0.15) is 18.0 Å². The van der Waals surface area contributed by atoms with Crippen LogP contribution >= 0.6 is 11.6 Å². The van der Waals surface area contributed by atoms with Crippen molar-refractivity contribution >= 4 is 27.3 Å². The van der Waals surface area contributed by atoms with Gasteiger partial charge in [-0.25, -0.2) is 8.42 Å². The summed E-state index contributed by atoms with van der Waals surface area (Å²) in [6, 6.07) is 13.1. The van der Waals surface area contributed by atoms with Crippen LogP contribution in [-0.4, -0.2) is 75.6 Å². The van der Waals surface area contributed by atoms with Crippen LogP contribution in [0.3, 0.4) is 0 Å². The lowest BCUT2D eigenvalue weighted by Crippen LogP contribution is -2.49. The van der Waals surface area contributed by atoms with Crippen LogP contribution in [0, 0.1) is 0 Å². The molecule has 12 heteroatoms. The third-order valence-corrected chi connectivity index (χ3v) is 8.07. The number of anilines is 1. The number of halogens is 1. The number of piperazine rings is 1. The molecule has 0 saturated carbocycles. The van der Waals surface area contributed by atoms with Crippen molar-refractivity contribution in [1.82, 2.24) is 14.1 Å². The van der Waals surface area contributed by atoms with Crippen molar-refractivity contribution in [2.24, 2.45) is 0 Å². The number of aromatic nitrogens is 2. The van der Waals surface area contributed by atoms with E-state index in [-0.39, 0.29) is 30.3 Å². The number of hydrogen-bond acceptors (Lipinski definition) is 8. The summed E-state index contributed by atoms with van der Waals surface area (Å²) >= 11 is 6.11. The monoisotopic (exact) mass is 548 g/mol. The second-order valence-corrected chi connectivity index (χ2v) is 10.5. The molecule has 0 aliphatic carbocycles. The highest BCUT2D eigenvalue weighted by Gasteiger charge is 2.30. The van der Waals surface area contributed by atoms with Gasteiger partial charge in [0, 0.05) is 37.8 Å². The first-order valence-electron chi connectivity index (χ1n) is 11.8. The Morgan fingerprint density at radius 2 is 1.76 bits per heavy atom. The van der Waals surface area contributed by atoms with Crippen molar-refractivity contribution in [3.63, 3.8) is 0 Å². The van der Waals surface area contributed by atoms with E-state index >= 15 is 0 Å². The Balaban J connectivity index is 1.57. The van der Waals surface area contributed by atoms with Crippen molar-refractivity contribution in [3.05, 3.63) is 70.1 Å². The minimum atomic E-state index is -3.67. The molecule has 0 radical (unpaired) electrons. The number of hydrogen-bond donors (Lipinski definition) is 0. The Morgan fingerprint density at radius 1 is 1.03 bits per heavy atom. The van der Waals surface area contributed by atoms with Crippen LogP contribution in [-0.2, 0) is 14.8 Å². The lowest BCUT2D eigenvalue weighted by atomic mass is 10.3. The van der Waals surface area contributed by atoms with E-state index in [1.165, 1.54) is 28.2 Å². The van der Waals surface area contributed by atoms with Crippen LogP contribution < -0.4 is 19.9 Å². The molecule has 10 nitrogen and oxygen atoms in total. The summed E-state index contributed by atoms with van der Waals surface area (Å²) in [7, 11) is -2.14. The number of nitrogens with zero attached hydrogens (tertiary/aromatic N) is 4. The lowest BCUT2D eigenvalue weighted by molar-refractivity contribution is 0.109. The van der Waals surface area contributed by atoms with Crippen LogP contribution in [0.5, 0.6) is 11.5 Å². The summed E-state index contributed by atoms with van der Waals surface area (Å²) in [4.78, 5) is 15.5. The van der Waals surface area contributed by atoms with Gasteiger partial charge in [-0.1, -0.05) is 17.7 Å². The van der Waals surface area contributed by atoms with Gasteiger partial charge in [0.15, 0.2) is 0 Å². The van der Waals surface area contributed by atoms with E-state index in [1.807, 2.05) is 11.8 Å². The van der Waals surface area contributed by atoms with Crippen molar-refractivity contribution in [2.45, 2.75) is 11.8 Å². The van der Waals surface area contributed by atoms with Crippen molar-refractivity contribution in [1.29, 1.82) is 0 Å². The number of sulfonamides is 1.